The molecular formula is C16H23N3O2. The van der Waals surface area contributed by atoms with E-state index in [-0.39, 0.29) is 18.6 Å². The Morgan fingerprint density at radius 2 is 2.14 bits per heavy atom. The van der Waals surface area contributed by atoms with Crippen molar-refractivity contribution in [2.24, 2.45) is 0 Å². The number of rotatable bonds is 6. The van der Waals surface area contributed by atoms with Crippen LogP contribution >= 0.6 is 0 Å². The average Bonchev–Trinajstić information content (AvgIpc) is 2.50. The summed E-state index contributed by atoms with van der Waals surface area (Å²) in [4.78, 5) is 18.4. The number of likely N-dealkylation sites (N-methyl/N-ethyl adjacent to an activating group) is 1. The van der Waals surface area contributed by atoms with Crippen LogP contribution in [0, 0.1) is 11.8 Å². The lowest BCUT2D eigenvalue weighted by Crippen LogP contribution is -2.42. The van der Waals surface area contributed by atoms with Gasteiger partial charge in [-0.25, -0.2) is 4.98 Å². The van der Waals surface area contributed by atoms with Gasteiger partial charge in [0.15, 0.2) is 0 Å². The second-order valence-corrected chi connectivity index (χ2v) is 4.75. The Labute approximate surface area is 126 Å². The first-order valence-corrected chi connectivity index (χ1v) is 7.19. The van der Waals surface area contributed by atoms with E-state index in [1.165, 1.54) is 6.20 Å². The van der Waals surface area contributed by atoms with Crippen molar-refractivity contribution in [3.63, 3.8) is 0 Å². The number of carbonyl (C=O) groups is 1. The van der Waals surface area contributed by atoms with Crippen LogP contribution in [0.1, 0.15) is 36.8 Å². The highest BCUT2D eigenvalue weighted by atomic mass is 16.2. The van der Waals surface area contributed by atoms with Crippen molar-refractivity contribution in [1.29, 1.82) is 0 Å². The van der Waals surface area contributed by atoms with Crippen molar-refractivity contribution in [3.8, 4) is 11.8 Å². The van der Waals surface area contributed by atoms with Gasteiger partial charge in [-0.15, -0.1) is 0 Å². The number of carbonyl (C=O) groups excluding carboxylic acids is 1. The van der Waals surface area contributed by atoms with Crippen molar-refractivity contribution in [2.45, 2.75) is 26.8 Å². The van der Waals surface area contributed by atoms with Crippen molar-refractivity contribution in [3.05, 3.63) is 29.6 Å². The Hall–Kier alpha value is -1.90. The van der Waals surface area contributed by atoms with Crippen LogP contribution < -0.4 is 5.32 Å². The summed E-state index contributed by atoms with van der Waals surface area (Å²) in [5.41, 5.74) is 1.05. The second-order valence-electron chi connectivity index (χ2n) is 4.75. The fourth-order valence-electron chi connectivity index (χ4n) is 1.96. The van der Waals surface area contributed by atoms with E-state index in [2.05, 4.69) is 40.9 Å². The van der Waals surface area contributed by atoms with Gasteiger partial charge >= 0.3 is 0 Å². The minimum Gasteiger partial charge on any atom is -0.384 e. The fraction of sp³-hybridized carbons (Fsp3) is 0.500. The molecule has 1 aromatic rings. The quantitative estimate of drug-likeness (QED) is 0.763. The second kappa shape index (κ2) is 9.11. The zero-order valence-corrected chi connectivity index (χ0v) is 12.9. The molecule has 1 heterocycles. The smallest absolute Gasteiger partial charge is 0.270 e. The van der Waals surface area contributed by atoms with Gasteiger partial charge in [-0.1, -0.05) is 25.7 Å². The molecule has 0 fully saturated rings. The highest BCUT2D eigenvalue weighted by molar-refractivity contribution is 5.92. The average molecular weight is 289 g/mol. The van der Waals surface area contributed by atoms with E-state index in [4.69, 9.17) is 5.11 Å². The SMILES string of the molecule is CCN(CC)CC(C)NC(=O)c1ccc(C#CCO)cn1. The number of aliphatic hydroxyl groups is 1. The van der Waals surface area contributed by atoms with Gasteiger partial charge in [-0.05, 0) is 32.1 Å². The lowest BCUT2D eigenvalue weighted by molar-refractivity contribution is 0.0925. The molecule has 114 valence electrons. The predicted molar refractivity (Wildman–Crippen MR) is 82.9 cm³/mol. The van der Waals surface area contributed by atoms with Crippen LogP contribution in [0.2, 0.25) is 0 Å². The van der Waals surface area contributed by atoms with Gasteiger partial charge in [-0.3, -0.25) is 4.79 Å². The highest BCUT2D eigenvalue weighted by Crippen LogP contribution is 2.00. The number of hydrogen-bond acceptors (Lipinski definition) is 4. The van der Waals surface area contributed by atoms with Gasteiger partial charge in [0.1, 0.15) is 12.3 Å². The van der Waals surface area contributed by atoms with E-state index in [0.29, 0.717) is 11.3 Å². The maximum atomic E-state index is 12.1. The molecule has 0 radical (unpaired) electrons. The first-order chi connectivity index (χ1) is 10.1. The zero-order chi connectivity index (χ0) is 15.7. The van der Waals surface area contributed by atoms with E-state index in [1.54, 1.807) is 12.1 Å². The molecule has 0 aliphatic carbocycles. The van der Waals surface area contributed by atoms with E-state index in [0.717, 1.165) is 19.6 Å². The monoisotopic (exact) mass is 289 g/mol. The third-order valence-corrected chi connectivity index (χ3v) is 3.11. The van der Waals surface area contributed by atoms with Gasteiger partial charge < -0.3 is 15.3 Å². The standard InChI is InChI=1S/C16H23N3O2/c1-4-19(5-2)12-13(3)18-16(21)15-9-8-14(11-17-15)7-6-10-20/h8-9,11,13,20H,4-5,10,12H2,1-3H3,(H,18,21). The maximum Gasteiger partial charge on any atom is 0.270 e. The normalized spacial score (nSPS) is 11.7. The molecule has 0 bridgehead atoms. The van der Waals surface area contributed by atoms with E-state index >= 15 is 0 Å². The van der Waals surface area contributed by atoms with Gasteiger partial charge in [0.05, 0.1) is 0 Å². The van der Waals surface area contributed by atoms with Crippen LogP contribution in [0.3, 0.4) is 0 Å². The van der Waals surface area contributed by atoms with Crippen LogP contribution in [0.15, 0.2) is 18.3 Å². The molecule has 1 unspecified atom stereocenters. The molecular weight excluding hydrogens is 266 g/mol. The summed E-state index contributed by atoms with van der Waals surface area (Å²) in [5, 5.41) is 11.6. The number of pyridine rings is 1. The topological polar surface area (TPSA) is 65.5 Å². The van der Waals surface area contributed by atoms with Crippen LogP contribution in [-0.2, 0) is 0 Å². The molecule has 0 spiro atoms. The fourth-order valence-corrected chi connectivity index (χ4v) is 1.96. The van der Waals surface area contributed by atoms with E-state index < -0.39 is 0 Å². The summed E-state index contributed by atoms with van der Waals surface area (Å²) in [7, 11) is 0. The third-order valence-electron chi connectivity index (χ3n) is 3.11. The number of hydrogen-bond donors (Lipinski definition) is 2. The molecule has 1 amide bonds. The first-order valence-electron chi connectivity index (χ1n) is 7.19. The van der Waals surface area contributed by atoms with Crippen LogP contribution in [0.5, 0.6) is 0 Å². The summed E-state index contributed by atoms with van der Waals surface area (Å²) in [6.07, 6.45) is 1.53. The summed E-state index contributed by atoms with van der Waals surface area (Å²) < 4.78 is 0. The molecule has 0 aromatic carbocycles. The highest BCUT2D eigenvalue weighted by Gasteiger charge is 2.12. The lowest BCUT2D eigenvalue weighted by atomic mass is 10.2. The Balaban J connectivity index is 2.59. The van der Waals surface area contributed by atoms with E-state index in [9.17, 15) is 4.79 Å². The van der Waals surface area contributed by atoms with Crippen molar-refractivity contribution in [2.75, 3.05) is 26.2 Å². The van der Waals surface area contributed by atoms with Crippen molar-refractivity contribution in [1.82, 2.24) is 15.2 Å². The Morgan fingerprint density at radius 3 is 2.67 bits per heavy atom. The molecule has 1 aromatic heterocycles. The number of nitrogens with zero attached hydrogens (tertiary/aromatic N) is 2. The Morgan fingerprint density at radius 1 is 1.43 bits per heavy atom. The molecule has 2 N–H and O–H groups in total. The first kappa shape index (κ1) is 17.2. The maximum absolute atomic E-state index is 12.1. The largest absolute Gasteiger partial charge is 0.384 e. The third kappa shape index (κ3) is 5.94. The molecule has 5 nitrogen and oxygen atoms in total. The Kier molecular flexibility index (Phi) is 7.44. The Bertz CT molecular complexity index is 498. The minimum absolute atomic E-state index is 0.0630. The molecule has 0 aliphatic rings. The molecule has 0 aliphatic heterocycles. The summed E-state index contributed by atoms with van der Waals surface area (Å²) >= 11 is 0. The number of aromatic nitrogens is 1. The molecule has 0 saturated carbocycles. The number of aliphatic hydroxyl groups excluding tert-OH is 1. The molecule has 21 heavy (non-hydrogen) atoms. The minimum atomic E-state index is -0.189. The van der Waals surface area contributed by atoms with Crippen LogP contribution in [-0.4, -0.2) is 53.2 Å². The van der Waals surface area contributed by atoms with E-state index in [1.807, 2.05) is 6.92 Å². The van der Waals surface area contributed by atoms with Gasteiger partial charge in [0.25, 0.3) is 5.91 Å². The van der Waals surface area contributed by atoms with Crippen molar-refractivity contribution >= 4 is 5.91 Å². The van der Waals surface area contributed by atoms with Crippen LogP contribution in [0.25, 0.3) is 0 Å². The molecule has 0 saturated heterocycles. The van der Waals surface area contributed by atoms with Gasteiger partial charge in [-0.2, -0.15) is 0 Å². The van der Waals surface area contributed by atoms with Crippen LogP contribution in [0.4, 0.5) is 0 Å². The lowest BCUT2D eigenvalue weighted by Gasteiger charge is -2.23. The summed E-state index contributed by atoms with van der Waals surface area (Å²) in [6, 6.07) is 3.42. The predicted octanol–water partition coefficient (Wildman–Crippen LogP) is 0.885. The summed E-state index contributed by atoms with van der Waals surface area (Å²) in [6.45, 7) is 8.75. The molecule has 1 rings (SSSR count). The van der Waals surface area contributed by atoms with Crippen molar-refractivity contribution < 1.29 is 9.90 Å². The number of nitrogens with one attached hydrogen (secondary N) is 1. The van der Waals surface area contributed by atoms with Gasteiger partial charge in [0.2, 0.25) is 0 Å². The molecule has 1 atom stereocenters. The molecule has 5 heteroatoms. The number of amides is 1. The van der Waals surface area contributed by atoms with Gasteiger partial charge in [0, 0.05) is 24.3 Å². The summed E-state index contributed by atoms with van der Waals surface area (Å²) in [5.74, 6) is 5.10. The zero-order valence-electron chi connectivity index (χ0n) is 12.9.